The number of halogens is 24. The first-order chi connectivity index (χ1) is 12.0. The molecular formula is B6F24PbSn. The van der Waals surface area contributed by atoms with Crippen molar-refractivity contribution < 1.29 is 104 Å². The minimum absolute atomic E-state index is 0. The first-order valence-corrected chi connectivity index (χ1v) is 5.24. The zero-order valence-corrected chi connectivity index (χ0v) is 20.3. The van der Waals surface area contributed by atoms with E-state index < -0.39 is 43.5 Å². The van der Waals surface area contributed by atoms with Crippen molar-refractivity contribution in [2.45, 2.75) is 0 Å². The summed E-state index contributed by atoms with van der Waals surface area (Å²) in [6, 6.07) is 0. The zero-order valence-electron chi connectivity index (χ0n) is 13.5. The summed E-state index contributed by atoms with van der Waals surface area (Å²) in [7, 11) is -36.0. The summed E-state index contributed by atoms with van der Waals surface area (Å²) in [6.07, 6.45) is 0. The molecule has 32 heteroatoms. The molecule has 0 unspecified atom stereocenters. The van der Waals surface area contributed by atoms with Gasteiger partial charge in [-0.25, -0.2) is 0 Å². The summed E-state index contributed by atoms with van der Waals surface area (Å²) in [4.78, 5) is 0. The zero-order chi connectivity index (χ0) is 27.0. The van der Waals surface area contributed by atoms with Gasteiger partial charge < -0.3 is 104 Å². The predicted molar refractivity (Wildman–Crippen MR) is 72.6 cm³/mol. The molecule has 0 saturated carbocycles. The maximum atomic E-state index is 9.75. The van der Waals surface area contributed by atoms with Crippen LogP contribution in [-0.4, -0.2) is 94.7 Å². The molecule has 0 aromatic rings. The minimum atomic E-state index is -6.00. The Kier molecular flexibility index (Phi) is 36.8. The van der Waals surface area contributed by atoms with Gasteiger partial charge in [-0.1, -0.05) is 0 Å². The van der Waals surface area contributed by atoms with Crippen molar-refractivity contribution in [3.8, 4) is 0 Å². The van der Waals surface area contributed by atoms with Crippen LogP contribution in [0, 0.1) is 0 Å². The molecule has 0 saturated heterocycles. The van der Waals surface area contributed by atoms with E-state index in [1.807, 2.05) is 0 Å². The maximum Gasteiger partial charge on any atom is 4.00 e. The molecule has 0 rings (SSSR count). The summed E-state index contributed by atoms with van der Waals surface area (Å²) in [5, 5.41) is 0. The molecule has 194 valence electrons. The van der Waals surface area contributed by atoms with E-state index in [9.17, 15) is 104 Å². The molecule has 0 aromatic heterocycles. The van der Waals surface area contributed by atoms with Crippen LogP contribution in [0.15, 0.2) is 0 Å². The number of hydrogen-bond acceptors (Lipinski definition) is 0. The quantitative estimate of drug-likeness (QED) is 0.182. The van der Waals surface area contributed by atoms with Crippen molar-refractivity contribution in [1.82, 2.24) is 0 Å². The fraction of sp³-hybridized carbons (Fsp3) is 0. The number of hydrogen-bond donors (Lipinski definition) is 0. The SMILES string of the molecule is F[B-](F)(F)F.F[B-](F)(F)F.F[B-](F)(F)F.F[B-](F)(F)F.F[B-](F)(F)F.F[B-](F)(F)F.[Pb+2].[Sn+4]. The van der Waals surface area contributed by atoms with E-state index in [0.29, 0.717) is 0 Å². The Hall–Kier alpha value is 0.430. The molecule has 0 aliphatic rings. The van der Waals surface area contributed by atoms with Crippen LogP contribution < -0.4 is 0 Å². The second-order valence-corrected chi connectivity index (χ2v) is 2.97. The topological polar surface area (TPSA) is 0 Å². The van der Waals surface area contributed by atoms with E-state index in [1.165, 1.54) is 0 Å². The molecule has 32 heavy (non-hydrogen) atoms. The van der Waals surface area contributed by atoms with Crippen LogP contribution in [0.1, 0.15) is 0 Å². The van der Waals surface area contributed by atoms with Crippen molar-refractivity contribution in [3.63, 3.8) is 0 Å². The maximum absolute atomic E-state index is 9.75. The molecule has 0 N–H and O–H groups in total. The molecule has 0 nitrogen and oxygen atoms in total. The fourth-order valence-electron chi connectivity index (χ4n) is 0. The third kappa shape index (κ3) is 142000. The molecule has 0 bridgehead atoms. The summed E-state index contributed by atoms with van der Waals surface area (Å²) in [5.41, 5.74) is 0. The van der Waals surface area contributed by atoms with Crippen molar-refractivity contribution >= 4 is 94.7 Å². The van der Waals surface area contributed by atoms with Crippen LogP contribution in [0.25, 0.3) is 0 Å². The molecular weight excluding hydrogens is 847 g/mol. The Bertz CT molecular complexity index is 221. The van der Waals surface area contributed by atoms with Gasteiger partial charge in [0.05, 0.1) is 0 Å². The average molecular weight is 847 g/mol. The first kappa shape index (κ1) is 53.7. The third-order valence-corrected chi connectivity index (χ3v) is 0. The van der Waals surface area contributed by atoms with Gasteiger partial charge >= 0.3 is 94.7 Å². The van der Waals surface area contributed by atoms with Crippen molar-refractivity contribution in [2.75, 3.05) is 0 Å². The van der Waals surface area contributed by atoms with Gasteiger partial charge in [-0.05, 0) is 0 Å². The third-order valence-electron chi connectivity index (χ3n) is 0. The molecule has 0 aliphatic heterocycles. The molecule has 0 atom stereocenters. The van der Waals surface area contributed by atoms with Crippen LogP contribution in [-0.2, 0) is 0 Å². The van der Waals surface area contributed by atoms with Crippen LogP contribution in [0.5, 0.6) is 0 Å². The molecule has 0 amide bonds. The van der Waals surface area contributed by atoms with Crippen LogP contribution in [0.2, 0.25) is 0 Å². The van der Waals surface area contributed by atoms with Gasteiger partial charge in [0, 0.05) is 0 Å². The molecule has 2 radical (unpaired) electrons. The van der Waals surface area contributed by atoms with Gasteiger partial charge in [-0.3, -0.25) is 0 Å². The predicted octanol–water partition coefficient (Wildman–Crippen LogP) is 7.04. The monoisotopic (exact) mass is 850 g/mol. The first-order valence-electron chi connectivity index (χ1n) is 5.24. The van der Waals surface area contributed by atoms with Crippen LogP contribution >= 0.6 is 0 Å². The van der Waals surface area contributed by atoms with Gasteiger partial charge in [-0.15, -0.1) is 0 Å². The Morgan fingerprint density at radius 1 is 0.188 bits per heavy atom. The second kappa shape index (κ2) is 21.9. The van der Waals surface area contributed by atoms with E-state index in [4.69, 9.17) is 0 Å². The molecule has 0 heterocycles. The largest absolute Gasteiger partial charge is 4.00 e. The van der Waals surface area contributed by atoms with E-state index in [1.54, 1.807) is 0 Å². The van der Waals surface area contributed by atoms with E-state index in [0.717, 1.165) is 0 Å². The van der Waals surface area contributed by atoms with Crippen molar-refractivity contribution in [2.24, 2.45) is 0 Å². The van der Waals surface area contributed by atoms with Gasteiger partial charge in [0.2, 0.25) is 0 Å². The second-order valence-electron chi connectivity index (χ2n) is 2.97. The number of rotatable bonds is 0. The molecule has 0 aliphatic carbocycles. The van der Waals surface area contributed by atoms with E-state index in [2.05, 4.69) is 0 Å². The smallest absolute Gasteiger partial charge is 0.418 e. The van der Waals surface area contributed by atoms with Gasteiger partial charge in [0.1, 0.15) is 0 Å². The average Bonchev–Trinajstić information content (AvgIpc) is 1.94. The van der Waals surface area contributed by atoms with E-state index in [-0.39, 0.29) is 51.2 Å². The van der Waals surface area contributed by atoms with Crippen molar-refractivity contribution in [1.29, 1.82) is 0 Å². The Morgan fingerprint density at radius 2 is 0.188 bits per heavy atom. The molecule has 0 fully saturated rings. The minimum Gasteiger partial charge on any atom is -0.418 e. The van der Waals surface area contributed by atoms with Gasteiger partial charge in [0.15, 0.2) is 0 Å². The summed E-state index contributed by atoms with van der Waals surface area (Å²) >= 11 is 0. The Morgan fingerprint density at radius 3 is 0.188 bits per heavy atom. The Labute approximate surface area is 198 Å². The standard InChI is InChI=1S/6BF4.Pb.Sn/c6*2-1(3,4)5;;/q6*-1;+2;+4. The fourth-order valence-corrected chi connectivity index (χ4v) is 0. The van der Waals surface area contributed by atoms with E-state index >= 15 is 0 Å². The normalized spacial score (nSPS) is 11.2. The molecule has 0 spiro atoms. The summed E-state index contributed by atoms with van der Waals surface area (Å²) in [6.45, 7) is 0. The summed E-state index contributed by atoms with van der Waals surface area (Å²) < 4.78 is 234. The van der Waals surface area contributed by atoms with Gasteiger partial charge in [-0.2, -0.15) is 0 Å². The van der Waals surface area contributed by atoms with Gasteiger partial charge in [0.25, 0.3) is 0 Å². The van der Waals surface area contributed by atoms with Crippen LogP contribution in [0.3, 0.4) is 0 Å². The Balaban J connectivity index is -0.0000000356. The van der Waals surface area contributed by atoms with Crippen LogP contribution in [0.4, 0.5) is 104 Å². The summed E-state index contributed by atoms with van der Waals surface area (Å²) in [5.74, 6) is 0. The molecule has 0 aromatic carbocycles. The van der Waals surface area contributed by atoms with Crippen molar-refractivity contribution in [3.05, 3.63) is 0 Å².